The van der Waals surface area contributed by atoms with Crippen molar-refractivity contribution in [2.24, 2.45) is 5.92 Å². The Morgan fingerprint density at radius 2 is 1.73 bits per heavy atom. The summed E-state index contributed by atoms with van der Waals surface area (Å²) in [5.41, 5.74) is 1.51. The lowest BCUT2D eigenvalue weighted by Gasteiger charge is -2.24. The van der Waals surface area contributed by atoms with Gasteiger partial charge in [0.05, 0.1) is 0 Å². The first-order chi connectivity index (χ1) is 19.6. The standard InChI is InChI=1S/C31H42F2N4O4/c1-20(18-35-21(2)24-9-10-24)41-29-17-27(33)14-11-25(29)6-5-15-34-31(40)28(16-23-7-12-26(32)13-8-23)36-30(39)22(3)37(4)19-38/h7-8,11-14,17,19-22,24,28,35H,5-6,9-10,15-16,18H2,1-4H3,(H,34,40)(H,36,39)/t20-,21-,22-,28-/m1/s1. The zero-order valence-electron chi connectivity index (χ0n) is 24.3. The van der Waals surface area contributed by atoms with E-state index in [0.717, 1.165) is 11.5 Å². The Morgan fingerprint density at radius 1 is 1.05 bits per heavy atom. The van der Waals surface area contributed by atoms with Gasteiger partial charge >= 0.3 is 0 Å². The molecule has 1 saturated carbocycles. The van der Waals surface area contributed by atoms with Gasteiger partial charge in [0.25, 0.3) is 0 Å². The molecule has 0 radical (unpaired) electrons. The van der Waals surface area contributed by atoms with Gasteiger partial charge in [-0.1, -0.05) is 18.2 Å². The van der Waals surface area contributed by atoms with Crippen LogP contribution in [0.5, 0.6) is 5.75 Å². The van der Waals surface area contributed by atoms with Crippen molar-refractivity contribution >= 4 is 18.2 Å². The Labute approximate surface area is 241 Å². The molecule has 0 heterocycles. The zero-order valence-corrected chi connectivity index (χ0v) is 24.3. The molecule has 0 aliphatic heterocycles. The summed E-state index contributed by atoms with van der Waals surface area (Å²) in [7, 11) is 1.48. The second kappa shape index (κ2) is 15.5. The Bertz CT molecular complexity index is 1160. The van der Waals surface area contributed by atoms with Crippen LogP contribution in [0.4, 0.5) is 8.78 Å². The summed E-state index contributed by atoms with van der Waals surface area (Å²) in [4.78, 5) is 38.1. The Morgan fingerprint density at radius 3 is 2.39 bits per heavy atom. The molecule has 1 aliphatic rings. The number of rotatable bonds is 17. The molecule has 0 unspecified atom stereocenters. The number of benzene rings is 2. The van der Waals surface area contributed by atoms with Gasteiger partial charge in [-0.15, -0.1) is 0 Å². The first-order valence-corrected chi connectivity index (χ1v) is 14.3. The molecule has 0 bridgehead atoms. The second-order valence-corrected chi connectivity index (χ2v) is 10.9. The lowest BCUT2D eigenvalue weighted by Crippen LogP contribution is -2.53. The lowest BCUT2D eigenvalue weighted by atomic mass is 10.0. The minimum Gasteiger partial charge on any atom is -0.489 e. The van der Waals surface area contributed by atoms with Crippen LogP contribution < -0.4 is 20.7 Å². The average molecular weight is 573 g/mol. The number of carbonyl (C=O) groups excluding carboxylic acids is 3. The number of amides is 3. The maximum Gasteiger partial charge on any atom is 0.243 e. The third-order valence-electron chi connectivity index (χ3n) is 7.48. The number of nitrogens with one attached hydrogen (secondary N) is 3. The topological polar surface area (TPSA) is 99.8 Å². The predicted molar refractivity (Wildman–Crippen MR) is 153 cm³/mol. The molecule has 4 atom stereocenters. The van der Waals surface area contributed by atoms with Crippen LogP contribution in [-0.2, 0) is 27.2 Å². The minimum atomic E-state index is -0.924. The van der Waals surface area contributed by atoms with Crippen molar-refractivity contribution in [2.45, 2.75) is 77.1 Å². The fourth-order valence-electron chi connectivity index (χ4n) is 4.47. The molecule has 41 heavy (non-hydrogen) atoms. The van der Waals surface area contributed by atoms with Gasteiger partial charge in [0.1, 0.15) is 35.6 Å². The number of halogens is 2. The number of nitrogens with zero attached hydrogens (tertiary/aromatic N) is 1. The summed E-state index contributed by atoms with van der Waals surface area (Å²) in [5.74, 6) is -0.444. The maximum atomic E-state index is 14.0. The van der Waals surface area contributed by atoms with Crippen molar-refractivity contribution in [1.82, 2.24) is 20.9 Å². The number of hydrogen-bond donors (Lipinski definition) is 3. The van der Waals surface area contributed by atoms with Crippen LogP contribution in [0.3, 0.4) is 0 Å². The molecule has 0 aromatic heterocycles. The molecule has 8 nitrogen and oxygen atoms in total. The molecule has 3 N–H and O–H groups in total. The van der Waals surface area contributed by atoms with Gasteiger partial charge in [-0.05, 0) is 81.7 Å². The van der Waals surface area contributed by atoms with E-state index in [4.69, 9.17) is 4.74 Å². The highest BCUT2D eigenvalue weighted by molar-refractivity contribution is 5.90. The monoisotopic (exact) mass is 572 g/mol. The third kappa shape index (κ3) is 10.4. The second-order valence-electron chi connectivity index (χ2n) is 10.9. The van der Waals surface area contributed by atoms with Crippen molar-refractivity contribution in [3.8, 4) is 5.75 Å². The van der Waals surface area contributed by atoms with Gasteiger partial charge in [-0.25, -0.2) is 8.78 Å². The molecule has 1 aliphatic carbocycles. The maximum absolute atomic E-state index is 14.0. The van der Waals surface area contributed by atoms with Crippen LogP contribution in [0, 0.1) is 17.6 Å². The third-order valence-corrected chi connectivity index (χ3v) is 7.48. The van der Waals surface area contributed by atoms with E-state index in [1.807, 2.05) is 6.92 Å². The summed E-state index contributed by atoms with van der Waals surface area (Å²) in [6.45, 7) is 6.65. The van der Waals surface area contributed by atoms with Crippen molar-refractivity contribution in [2.75, 3.05) is 20.1 Å². The molecule has 2 aromatic rings. The van der Waals surface area contributed by atoms with Gasteiger partial charge in [0, 0.05) is 38.7 Å². The minimum absolute atomic E-state index is 0.145. The van der Waals surface area contributed by atoms with E-state index in [9.17, 15) is 23.2 Å². The number of carbonyl (C=O) groups is 3. The van der Waals surface area contributed by atoms with Crippen molar-refractivity contribution in [1.29, 1.82) is 0 Å². The Hall–Kier alpha value is -3.53. The summed E-state index contributed by atoms with van der Waals surface area (Å²) < 4.78 is 33.5. The molecule has 1 fully saturated rings. The van der Waals surface area contributed by atoms with Crippen LogP contribution in [0.15, 0.2) is 42.5 Å². The SMILES string of the molecule is C[C@H](CN[C@H](C)C1CC1)Oc1cc(F)ccc1CCCNC(=O)[C@@H](Cc1ccc(F)cc1)NC(=O)[C@@H](C)N(C)C=O. The van der Waals surface area contributed by atoms with Crippen molar-refractivity contribution in [3.05, 3.63) is 65.2 Å². The van der Waals surface area contributed by atoms with E-state index >= 15 is 0 Å². The van der Waals surface area contributed by atoms with Crippen molar-refractivity contribution < 1.29 is 27.9 Å². The molecule has 2 aromatic carbocycles. The largest absolute Gasteiger partial charge is 0.489 e. The highest BCUT2D eigenvalue weighted by Gasteiger charge is 2.28. The summed E-state index contributed by atoms with van der Waals surface area (Å²) in [6, 6.07) is 8.91. The van der Waals surface area contributed by atoms with E-state index in [1.165, 1.54) is 49.1 Å². The van der Waals surface area contributed by atoms with Gasteiger partial charge in [-0.3, -0.25) is 14.4 Å². The molecule has 3 amide bonds. The summed E-state index contributed by atoms with van der Waals surface area (Å²) in [6.07, 6.45) is 4.15. The number of hydrogen-bond acceptors (Lipinski definition) is 5. The van der Waals surface area contributed by atoms with Crippen LogP contribution in [-0.4, -0.2) is 67.5 Å². The summed E-state index contributed by atoms with van der Waals surface area (Å²) >= 11 is 0. The van der Waals surface area contributed by atoms with Gasteiger partial charge in [0.15, 0.2) is 0 Å². The van der Waals surface area contributed by atoms with Crippen LogP contribution in [0.2, 0.25) is 0 Å². The molecule has 0 spiro atoms. The van der Waals surface area contributed by atoms with Crippen LogP contribution in [0.1, 0.15) is 51.2 Å². The van der Waals surface area contributed by atoms with Crippen LogP contribution in [0.25, 0.3) is 0 Å². The predicted octanol–water partition coefficient (Wildman–Crippen LogP) is 3.37. The van der Waals surface area contributed by atoms with Crippen LogP contribution >= 0.6 is 0 Å². The van der Waals surface area contributed by atoms with E-state index in [1.54, 1.807) is 25.1 Å². The quantitative estimate of drug-likeness (QED) is 0.199. The highest BCUT2D eigenvalue weighted by Crippen LogP contribution is 2.32. The Balaban J connectivity index is 1.55. The molecule has 10 heteroatoms. The Kier molecular flexibility index (Phi) is 12.1. The van der Waals surface area contributed by atoms with Gasteiger partial charge in [0.2, 0.25) is 18.2 Å². The zero-order chi connectivity index (χ0) is 29.9. The highest BCUT2D eigenvalue weighted by atomic mass is 19.1. The first-order valence-electron chi connectivity index (χ1n) is 14.3. The van der Waals surface area contributed by atoms with Crippen molar-refractivity contribution in [3.63, 3.8) is 0 Å². The number of ether oxygens (including phenoxy) is 1. The number of aryl methyl sites for hydroxylation is 1. The van der Waals surface area contributed by atoms with Gasteiger partial charge < -0.3 is 25.6 Å². The smallest absolute Gasteiger partial charge is 0.243 e. The summed E-state index contributed by atoms with van der Waals surface area (Å²) in [5, 5.41) is 9.05. The average Bonchev–Trinajstić information content (AvgIpc) is 3.80. The normalized spacial score (nSPS) is 15.8. The fourth-order valence-corrected chi connectivity index (χ4v) is 4.47. The molecule has 224 valence electrons. The van der Waals surface area contributed by atoms with Gasteiger partial charge in [-0.2, -0.15) is 0 Å². The van der Waals surface area contributed by atoms with E-state index in [0.29, 0.717) is 49.7 Å². The number of likely N-dealkylation sites (N-methyl/N-ethyl adjacent to an activating group) is 1. The first kappa shape index (κ1) is 32.0. The molecular weight excluding hydrogens is 530 g/mol. The molecule has 0 saturated heterocycles. The van der Waals surface area contributed by atoms with E-state index < -0.39 is 29.7 Å². The fraction of sp³-hybridized carbons (Fsp3) is 0.516. The van der Waals surface area contributed by atoms with E-state index in [-0.39, 0.29) is 18.3 Å². The lowest BCUT2D eigenvalue weighted by molar-refractivity contribution is -0.134. The molecule has 3 rings (SSSR count). The van der Waals surface area contributed by atoms with E-state index in [2.05, 4.69) is 22.9 Å². The molecular formula is C31H42F2N4O4.